The van der Waals surface area contributed by atoms with E-state index in [1.54, 1.807) is 42.5 Å². The first-order valence-corrected chi connectivity index (χ1v) is 10.4. The molecule has 2 aromatic rings. The highest BCUT2D eigenvalue weighted by atomic mass is 35.5. The number of rotatable bonds is 8. The SMILES string of the molecule is CCN[C@H](C)CNC(=O)c1ccc(NS(=O)(=O)c2ccc(C)c(C)c2)cc1.Cl. The van der Waals surface area contributed by atoms with E-state index in [0.717, 1.165) is 17.7 Å². The van der Waals surface area contributed by atoms with E-state index < -0.39 is 10.0 Å². The topological polar surface area (TPSA) is 87.3 Å². The van der Waals surface area contributed by atoms with E-state index in [0.29, 0.717) is 17.8 Å². The number of aryl methyl sites for hydroxylation is 2. The molecule has 0 radical (unpaired) electrons. The number of sulfonamides is 1. The van der Waals surface area contributed by atoms with Gasteiger partial charge in [-0.15, -0.1) is 12.4 Å². The molecule has 0 aliphatic heterocycles. The Morgan fingerprint density at radius 2 is 1.68 bits per heavy atom. The maximum absolute atomic E-state index is 12.5. The molecular formula is C20H28ClN3O3S. The van der Waals surface area contributed by atoms with E-state index in [1.165, 1.54) is 0 Å². The standard InChI is InChI=1S/C20H27N3O3S.ClH/c1-5-21-16(4)13-22-20(24)17-7-9-18(10-8-17)23-27(25,26)19-11-6-14(2)15(3)12-19;/h6-12,16,21,23H,5,13H2,1-4H3,(H,22,24);1H/t16-;/m1./s1. The lowest BCUT2D eigenvalue weighted by molar-refractivity contribution is 0.0950. The highest BCUT2D eigenvalue weighted by Crippen LogP contribution is 2.19. The Morgan fingerprint density at radius 3 is 2.25 bits per heavy atom. The fourth-order valence-corrected chi connectivity index (χ4v) is 3.70. The lowest BCUT2D eigenvalue weighted by atomic mass is 10.1. The molecule has 2 aromatic carbocycles. The van der Waals surface area contributed by atoms with Gasteiger partial charge < -0.3 is 10.6 Å². The number of hydrogen-bond acceptors (Lipinski definition) is 4. The van der Waals surface area contributed by atoms with Crippen LogP contribution in [0.1, 0.15) is 35.3 Å². The molecule has 0 aliphatic carbocycles. The van der Waals surface area contributed by atoms with Gasteiger partial charge in [0.1, 0.15) is 0 Å². The molecule has 0 bridgehead atoms. The number of anilines is 1. The second-order valence-corrected chi connectivity index (χ2v) is 8.28. The van der Waals surface area contributed by atoms with Gasteiger partial charge in [-0.1, -0.05) is 13.0 Å². The minimum atomic E-state index is -3.67. The van der Waals surface area contributed by atoms with Gasteiger partial charge in [0.25, 0.3) is 15.9 Å². The molecule has 6 nitrogen and oxygen atoms in total. The molecule has 0 fully saturated rings. The van der Waals surface area contributed by atoms with Crippen molar-refractivity contribution >= 4 is 34.0 Å². The van der Waals surface area contributed by atoms with Crippen LogP contribution in [0.2, 0.25) is 0 Å². The molecule has 0 saturated carbocycles. The molecular weight excluding hydrogens is 398 g/mol. The third-order valence-electron chi connectivity index (χ3n) is 4.31. The van der Waals surface area contributed by atoms with Crippen LogP contribution in [-0.2, 0) is 10.0 Å². The first-order valence-electron chi connectivity index (χ1n) is 8.94. The summed E-state index contributed by atoms with van der Waals surface area (Å²) >= 11 is 0. The minimum Gasteiger partial charge on any atom is -0.350 e. The molecule has 3 N–H and O–H groups in total. The number of amides is 1. The average molecular weight is 426 g/mol. The van der Waals surface area contributed by atoms with Crippen LogP contribution in [0.5, 0.6) is 0 Å². The summed E-state index contributed by atoms with van der Waals surface area (Å²) in [7, 11) is -3.67. The maximum Gasteiger partial charge on any atom is 0.261 e. The van der Waals surface area contributed by atoms with Crippen molar-refractivity contribution in [2.45, 2.75) is 38.6 Å². The molecule has 0 aliphatic rings. The van der Waals surface area contributed by atoms with Crippen molar-refractivity contribution in [2.75, 3.05) is 17.8 Å². The van der Waals surface area contributed by atoms with Crippen molar-refractivity contribution in [2.24, 2.45) is 0 Å². The van der Waals surface area contributed by atoms with Crippen LogP contribution < -0.4 is 15.4 Å². The zero-order chi connectivity index (χ0) is 20.0. The normalized spacial score (nSPS) is 12.0. The first-order chi connectivity index (χ1) is 12.7. The van der Waals surface area contributed by atoms with Crippen molar-refractivity contribution in [3.63, 3.8) is 0 Å². The summed E-state index contributed by atoms with van der Waals surface area (Å²) in [6.45, 7) is 9.17. The molecule has 1 atom stereocenters. The summed E-state index contributed by atoms with van der Waals surface area (Å²) in [4.78, 5) is 12.4. The Morgan fingerprint density at radius 1 is 1.04 bits per heavy atom. The highest BCUT2D eigenvalue weighted by molar-refractivity contribution is 7.92. The predicted molar refractivity (Wildman–Crippen MR) is 116 cm³/mol. The van der Waals surface area contributed by atoms with E-state index >= 15 is 0 Å². The van der Waals surface area contributed by atoms with Crippen LogP contribution in [0.3, 0.4) is 0 Å². The number of carbonyl (C=O) groups is 1. The van der Waals surface area contributed by atoms with Gasteiger partial charge in [-0.25, -0.2) is 8.42 Å². The van der Waals surface area contributed by atoms with Gasteiger partial charge in [-0.05, 0) is 74.8 Å². The zero-order valence-corrected chi connectivity index (χ0v) is 18.2. The van der Waals surface area contributed by atoms with E-state index in [-0.39, 0.29) is 29.3 Å². The number of nitrogens with one attached hydrogen (secondary N) is 3. The van der Waals surface area contributed by atoms with E-state index in [4.69, 9.17) is 0 Å². The number of likely N-dealkylation sites (N-methyl/N-ethyl adjacent to an activating group) is 1. The molecule has 1 amide bonds. The van der Waals surface area contributed by atoms with Gasteiger partial charge in [-0.2, -0.15) is 0 Å². The van der Waals surface area contributed by atoms with Crippen LogP contribution in [0.25, 0.3) is 0 Å². The monoisotopic (exact) mass is 425 g/mol. The number of hydrogen-bond donors (Lipinski definition) is 3. The number of benzene rings is 2. The van der Waals surface area contributed by atoms with Gasteiger partial charge in [0.15, 0.2) is 0 Å². The molecule has 28 heavy (non-hydrogen) atoms. The van der Waals surface area contributed by atoms with Crippen molar-refractivity contribution in [1.29, 1.82) is 0 Å². The third kappa shape index (κ3) is 6.51. The molecule has 0 aromatic heterocycles. The fraction of sp³-hybridized carbons (Fsp3) is 0.350. The average Bonchev–Trinajstić information content (AvgIpc) is 2.62. The second-order valence-electron chi connectivity index (χ2n) is 6.60. The van der Waals surface area contributed by atoms with Gasteiger partial charge in [0.05, 0.1) is 4.90 Å². The van der Waals surface area contributed by atoms with Crippen LogP contribution in [0.4, 0.5) is 5.69 Å². The molecule has 0 unspecified atom stereocenters. The lowest BCUT2D eigenvalue weighted by Crippen LogP contribution is -2.38. The smallest absolute Gasteiger partial charge is 0.261 e. The largest absolute Gasteiger partial charge is 0.350 e. The molecule has 154 valence electrons. The van der Waals surface area contributed by atoms with Gasteiger partial charge >= 0.3 is 0 Å². The summed E-state index contributed by atoms with van der Waals surface area (Å²) in [6.07, 6.45) is 0. The quantitative estimate of drug-likeness (QED) is 0.605. The Kier molecular flexibility index (Phi) is 8.94. The Labute approximate surface area is 173 Å². The summed E-state index contributed by atoms with van der Waals surface area (Å²) in [5.41, 5.74) is 2.84. The van der Waals surface area contributed by atoms with Crippen molar-refractivity contribution in [3.8, 4) is 0 Å². The van der Waals surface area contributed by atoms with E-state index in [2.05, 4.69) is 15.4 Å². The Hall–Kier alpha value is -2.09. The maximum atomic E-state index is 12.5. The fourth-order valence-electron chi connectivity index (χ4n) is 2.55. The molecule has 8 heteroatoms. The molecule has 2 rings (SSSR count). The Balaban J connectivity index is 0.00000392. The van der Waals surface area contributed by atoms with Crippen LogP contribution in [0.15, 0.2) is 47.4 Å². The summed E-state index contributed by atoms with van der Waals surface area (Å²) < 4.78 is 27.6. The number of carbonyl (C=O) groups excluding carboxylic acids is 1. The highest BCUT2D eigenvalue weighted by Gasteiger charge is 2.15. The van der Waals surface area contributed by atoms with Gasteiger partial charge in [0.2, 0.25) is 0 Å². The molecule has 0 spiro atoms. The second kappa shape index (κ2) is 10.5. The van der Waals surface area contributed by atoms with E-state index in [9.17, 15) is 13.2 Å². The minimum absolute atomic E-state index is 0. The number of halogens is 1. The summed E-state index contributed by atoms with van der Waals surface area (Å²) in [6, 6.07) is 11.6. The Bertz CT molecular complexity index is 899. The van der Waals surface area contributed by atoms with Gasteiger partial charge in [0, 0.05) is 23.8 Å². The molecule has 0 saturated heterocycles. The van der Waals surface area contributed by atoms with Gasteiger partial charge in [-0.3, -0.25) is 9.52 Å². The van der Waals surface area contributed by atoms with Crippen LogP contribution >= 0.6 is 12.4 Å². The van der Waals surface area contributed by atoms with Crippen LogP contribution in [0, 0.1) is 13.8 Å². The van der Waals surface area contributed by atoms with Crippen molar-refractivity contribution in [3.05, 3.63) is 59.2 Å². The third-order valence-corrected chi connectivity index (χ3v) is 5.69. The van der Waals surface area contributed by atoms with E-state index in [1.807, 2.05) is 27.7 Å². The van der Waals surface area contributed by atoms with Crippen molar-refractivity contribution in [1.82, 2.24) is 10.6 Å². The predicted octanol–water partition coefficient (Wildman–Crippen LogP) is 3.25. The lowest BCUT2D eigenvalue weighted by Gasteiger charge is -2.13. The summed E-state index contributed by atoms with van der Waals surface area (Å²) in [5.74, 6) is -0.191. The zero-order valence-electron chi connectivity index (χ0n) is 16.6. The van der Waals surface area contributed by atoms with Crippen molar-refractivity contribution < 1.29 is 13.2 Å². The molecule has 0 heterocycles. The first kappa shape index (κ1) is 23.9. The van der Waals surface area contributed by atoms with Crippen LogP contribution in [-0.4, -0.2) is 33.5 Å². The summed E-state index contributed by atoms with van der Waals surface area (Å²) in [5, 5.41) is 6.07.